The van der Waals surface area contributed by atoms with Gasteiger partial charge in [-0.25, -0.2) is 13.2 Å². The Labute approximate surface area is 117 Å². The number of sulfonamides is 1. The SMILES string of the molecule is CCCCS(=O)(=O)NN=Cc1c(Cl)cccc1Cl. The molecule has 0 spiro atoms. The van der Waals surface area contributed by atoms with Crippen LogP contribution in [-0.4, -0.2) is 20.4 Å². The molecule has 4 nitrogen and oxygen atoms in total. The molecular formula is C11H14Cl2N2O2S. The van der Waals surface area contributed by atoms with Crippen LogP contribution in [0.1, 0.15) is 25.3 Å². The molecule has 7 heteroatoms. The maximum Gasteiger partial charge on any atom is 0.247 e. The first-order valence-corrected chi connectivity index (χ1v) is 7.83. The monoisotopic (exact) mass is 308 g/mol. The number of halogens is 2. The van der Waals surface area contributed by atoms with Gasteiger partial charge in [-0.05, 0) is 18.6 Å². The summed E-state index contributed by atoms with van der Waals surface area (Å²) in [4.78, 5) is 2.12. The van der Waals surface area contributed by atoms with Crippen LogP contribution in [0.25, 0.3) is 0 Å². The minimum atomic E-state index is -3.37. The second kappa shape index (κ2) is 6.97. The highest BCUT2D eigenvalue weighted by atomic mass is 35.5. The van der Waals surface area contributed by atoms with Crippen molar-refractivity contribution < 1.29 is 8.42 Å². The fourth-order valence-electron chi connectivity index (χ4n) is 1.19. The van der Waals surface area contributed by atoms with Crippen LogP contribution in [0.3, 0.4) is 0 Å². The highest BCUT2D eigenvalue weighted by molar-refractivity contribution is 7.89. The van der Waals surface area contributed by atoms with Crippen molar-refractivity contribution in [1.82, 2.24) is 4.83 Å². The minimum absolute atomic E-state index is 0.0527. The molecule has 0 radical (unpaired) electrons. The van der Waals surface area contributed by atoms with Crippen LogP contribution in [0.4, 0.5) is 0 Å². The number of unbranched alkanes of at least 4 members (excludes halogenated alkanes) is 1. The molecule has 0 aliphatic carbocycles. The van der Waals surface area contributed by atoms with E-state index in [-0.39, 0.29) is 5.75 Å². The number of rotatable bonds is 6. The van der Waals surface area contributed by atoms with Gasteiger partial charge in [-0.3, -0.25) is 0 Å². The first-order valence-electron chi connectivity index (χ1n) is 5.43. The second-order valence-electron chi connectivity index (χ2n) is 3.66. The highest BCUT2D eigenvalue weighted by Gasteiger charge is 2.07. The predicted octanol–water partition coefficient (Wildman–Crippen LogP) is 3.05. The molecule has 1 aromatic carbocycles. The Morgan fingerprint density at radius 1 is 1.33 bits per heavy atom. The van der Waals surface area contributed by atoms with E-state index in [1.54, 1.807) is 18.2 Å². The molecule has 0 aliphatic heterocycles. The smallest absolute Gasteiger partial charge is 0.205 e. The molecule has 18 heavy (non-hydrogen) atoms. The van der Waals surface area contributed by atoms with Gasteiger partial charge in [0.05, 0.1) is 22.0 Å². The number of nitrogens with one attached hydrogen (secondary N) is 1. The van der Waals surface area contributed by atoms with E-state index in [9.17, 15) is 8.42 Å². The van der Waals surface area contributed by atoms with Crippen LogP contribution in [0.2, 0.25) is 10.0 Å². The summed E-state index contributed by atoms with van der Waals surface area (Å²) < 4.78 is 22.9. The zero-order chi connectivity index (χ0) is 13.6. The summed E-state index contributed by atoms with van der Waals surface area (Å²) in [6.45, 7) is 1.92. The molecule has 1 N–H and O–H groups in total. The maximum absolute atomic E-state index is 11.5. The van der Waals surface area contributed by atoms with Gasteiger partial charge in [0.15, 0.2) is 0 Å². The molecule has 0 atom stereocenters. The Balaban J connectivity index is 2.71. The van der Waals surface area contributed by atoms with Gasteiger partial charge in [-0.15, -0.1) is 0 Å². The zero-order valence-electron chi connectivity index (χ0n) is 9.86. The van der Waals surface area contributed by atoms with Crippen LogP contribution in [0.15, 0.2) is 23.3 Å². The molecule has 0 fully saturated rings. The molecule has 0 saturated carbocycles. The molecule has 0 aliphatic rings. The van der Waals surface area contributed by atoms with Crippen LogP contribution in [0, 0.1) is 0 Å². The number of nitrogens with zero attached hydrogens (tertiary/aromatic N) is 1. The third kappa shape index (κ3) is 4.84. The summed E-state index contributed by atoms with van der Waals surface area (Å²) >= 11 is 11.8. The van der Waals surface area contributed by atoms with Crippen LogP contribution >= 0.6 is 23.2 Å². The van der Waals surface area contributed by atoms with Crippen molar-refractivity contribution in [1.29, 1.82) is 0 Å². The van der Waals surface area contributed by atoms with Crippen molar-refractivity contribution in [2.24, 2.45) is 5.10 Å². The van der Waals surface area contributed by atoms with Crippen molar-refractivity contribution in [2.45, 2.75) is 19.8 Å². The van der Waals surface area contributed by atoms with Gasteiger partial charge in [0.1, 0.15) is 0 Å². The van der Waals surface area contributed by atoms with E-state index in [1.165, 1.54) is 6.21 Å². The first-order chi connectivity index (χ1) is 8.46. The molecule has 0 saturated heterocycles. The molecular weight excluding hydrogens is 295 g/mol. The molecule has 0 unspecified atom stereocenters. The van der Waals surface area contributed by atoms with Gasteiger partial charge in [0.2, 0.25) is 10.0 Å². The fraction of sp³-hybridized carbons (Fsp3) is 0.364. The standard InChI is InChI=1S/C11H14Cl2N2O2S/c1-2-3-7-18(16,17)15-14-8-9-10(12)5-4-6-11(9)13/h4-6,8,15H,2-3,7H2,1H3. The first kappa shape index (κ1) is 15.3. The topological polar surface area (TPSA) is 58.5 Å². The summed E-state index contributed by atoms with van der Waals surface area (Å²) in [7, 11) is -3.37. The number of hydrogen-bond acceptors (Lipinski definition) is 3. The van der Waals surface area contributed by atoms with Crippen LogP contribution in [0.5, 0.6) is 0 Å². The Morgan fingerprint density at radius 2 is 1.94 bits per heavy atom. The van der Waals surface area contributed by atoms with Crippen molar-refractivity contribution in [2.75, 3.05) is 5.75 Å². The number of benzene rings is 1. The van der Waals surface area contributed by atoms with Crippen molar-refractivity contribution >= 4 is 39.4 Å². The van der Waals surface area contributed by atoms with Gasteiger partial charge in [0.25, 0.3) is 0 Å². The van der Waals surface area contributed by atoms with E-state index in [0.717, 1.165) is 6.42 Å². The number of hydrogen-bond donors (Lipinski definition) is 1. The Bertz CT molecular complexity index is 510. The average Bonchev–Trinajstić information content (AvgIpc) is 2.30. The van der Waals surface area contributed by atoms with Gasteiger partial charge in [0, 0.05) is 5.56 Å². The molecule has 100 valence electrons. The van der Waals surface area contributed by atoms with E-state index < -0.39 is 10.0 Å². The van der Waals surface area contributed by atoms with Crippen molar-refractivity contribution in [3.8, 4) is 0 Å². The molecule has 1 aromatic rings. The zero-order valence-corrected chi connectivity index (χ0v) is 12.2. The summed E-state index contributed by atoms with van der Waals surface area (Å²) in [5.74, 6) is 0.0527. The lowest BCUT2D eigenvalue weighted by molar-refractivity contribution is 0.581. The minimum Gasteiger partial charge on any atom is -0.205 e. The normalized spacial score (nSPS) is 11.9. The van der Waals surface area contributed by atoms with E-state index in [4.69, 9.17) is 23.2 Å². The lowest BCUT2D eigenvalue weighted by atomic mass is 10.2. The molecule has 0 bridgehead atoms. The van der Waals surface area contributed by atoms with Crippen LogP contribution < -0.4 is 4.83 Å². The van der Waals surface area contributed by atoms with Gasteiger partial charge >= 0.3 is 0 Å². The Morgan fingerprint density at radius 3 is 2.50 bits per heavy atom. The largest absolute Gasteiger partial charge is 0.247 e. The van der Waals surface area contributed by atoms with Gasteiger partial charge in [-0.2, -0.15) is 5.10 Å². The van der Waals surface area contributed by atoms with Crippen molar-refractivity contribution in [3.63, 3.8) is 0 Å². The third-order valence-corrected chi connectivity index (χ3v) is 4.02. The summed E-state index contributed by atoms with van der Waals surface area (Å²) in [6.07, 6.45) is 2.70. The van der Waals surface area contributed by atoms with Crippen molar-refractivity contribution in [3.05, 3.63) is 33.8 Å². The molecule has 0 heterocycles. The maximum atomic E-state index is 11.5. The van der Waals surface area contributed by atoms with E-state index in [0.29, 0.717) is 22.0 Å². The summed E-state index contributed by atoms with van der Waals surface area (Å²) in [6, 6.07) is 5.01. The Kier molecular flexibility index (Phi) is 5.91. The lowest BCUT2D eigenvalue weighted by Gasteiger charge is -2.03. The third-order valence-electron chi connectivity index (χ3n) is 2.15. The van der Waals surface area contributed by atoms with Gasteiger partial charge < -0.3 is 0 Å². The lowest BCUT2D eigenvalue weighted by Crippen LogP contribution is -2.21. The highest BCUT2D eigenvalue weighted by Crippen LogP contribution is 2.21. The van der Waals surface area contributed by atoms with Crippen LogP contribution in [-0.2, 0) is 10.0 Å². The predicted molar refractivity (Wildman–Crippen MR) is 75.9 cm³/mol. The fourth-order valence-corrected chi connectivity index (χ4v) is 2.65. The average molecular weight is 309 g/mol. The summed E-state index contributed by atoms with van der Waals surface area (Å²) in [5, 5.41) is 4.49. The molecule has 0 aromatic heterocycles. The summed E-state index contributed by atoms with van der Waals surface area (Å²) in [5.41, 5.74) is 0.485. The molecule has 0 amide bonds. The second-order valence-corrected chi connectivity index (χ2v) is 6.29. The van der Waals surface area contributed by atoms with E-state index in [2.05, 4.69) is 9.93 Å². The number of hydrazone groups is 1. The van der Waals surface area contributed by atoms with E-state index in [1.807, 2.05) is 6.92 Å². The quantitative estimate of drug-likeness (QED) is 0.648. The Hall–Kier alpha value is -0.780. The van der Waals surface area contributed by atoms with E-state index >= 15 is 0 Å². The molecule has 1 rings (SSSR count). The van der Waals surface area contributed by atoms with Gasteiger partial charge in [-0.1, -0.05) is 42.6 Å².